The van der Waals surface area contributed by atoms with Gasteiger partial charge in [0.05, 0.1) is 15.7 Å². The van der Waals surface area contributed by atoms with Crippen LogP contribution in [0, 0.1) is 13.8 Å². The average molecular weight is 409 g/mol. The summed E-state index contributed by atoms with van der Waals surface area (Å²) in [6.07, 6.45) is 4.26. The van der Waals surface area contributed by atoms with E-state index in [1.54, 1.807) is 0 Å². The van der Waals surface area contributed by atoms with Crippen molar-refractivity contribution in [3.8, 4) is 11.1 Å². The van der Waals surface area contributed by atoms with Crippen molar-refractivity contribution in [3.05, 3.63) is 119 Å². The molecule has 0 aliphatic carbocycles. The summed E-state index contributed by atoms with van der Waals surface area (Å²) in [6.45, 7) is 4.15. The smallest absolute Gasteiger partial charge is 0.0855 e. The third-order valence-corrected chi connectivity index (χ3v) is 6.61. The summed E-state index contributed by atoms with van der Waals surface area (Å²) in [7, 11) is -1.25. The lowest BCUT2D eigenvalue weighted by Crippen LogP contribution is -1.98. The normalized spacial score (nSPS) is 12.2. The monoisotopic (exact) mass is 408 g/mol. The minimum absolute atomic E-state index is 0.822. The van der Waals surface area contributed by atoms with E-state index in [0.717, 1.165) is 37.6 Å². The molecule has 1 nitrogen and oxygen atoms in total. The molecule has 1 atom stereocenters. The van der Waals surface area contributed by atoms with Crippen LogP contribution in [0.3, 0.4) is 0 Å². The Kier molecular flexibility index (Phi) is 6.06. The second-order valence-electron chi connectivity index (χ2n) is 7.36. The van der Waals surface area contributed by atoms with Crippen LogP contribution in [0.1, 0.15) is 22.3 Å². The van der Waals surface area contributed by atoms with E-state index in [2.05, 4.69) is 55.5 Å². The van der Waals surface area contributed by atoms with Crippen molar-refractivity contribution in [2.75, 3.05) is 0 Å². The predicted molar refractivity (Wildman–Crippen MR) is 128 cm³/mol. The zero-order valence-electron chi connectivity index (χ0n) is 17.2. The van der Waals surface area contributed by atoms with Gasteiger partial charge in [-0.3, -0.25) is 0 Å². The lowest BCUT2D eigenvalue weighted by atomic mass is 9.94. The average Bonchev–Trinajstić information content (AvgIpc) is 2.78. The molecule has 2 heteroatoms. The maximum Gasteiger partial charge on any atom is 0.0855 e. The van der Waals surface area contributed by atoms with Gasteiger partial charge in [-0.05, 0) is 59.9 Å². The Morgan fingerprint density at radius 1 is 0.667 bits per heavy atom. The molecule has 0 aliphatic rings. The molecule has 0 aromatic heterocycles. The molecule has 0 amide bonds. The predicted octanol–water partition coefficient (Wildman–Crippen LogP) is 7.31. The van der Waals surface area contributed by atoms with Crippen LogP contribution in [0.5, 0.6) is 0 Å². The summed E-state index contributed by atoms with van der Waals surface area (Å²) in [5.41, 5.74) is 6.74. The van der Waals surface area contributed by atoms with Crippen LogP contribution in [-0.2, 0) is 10.8 Å². The van der Waals surface area contributed by atoms with Gasteiger partial charge in [0, 0.05) is 4.90 Å². The van der Waals surface area contributed by atoms with Crippen LogP contribution in [0.25, 0.3) is 23.3 Å². The molecule has 0 heterocycles. The summed E-state index contributed by atoms with van der Waals surface area (Å²) in [5.74, 6) is 0. The second kappa shape index (κ2) is 9.06. The molecular formula is C28H24OS. The lowest BCUT2D eigenvalue weighted by Gasteiger charge is -2.15. The van der Waals surface area contributed by atoms with Gasteiger partial charge in [0.25, 0.3) is 0 Å². The molecule has 0 radical (unpaired) electrons. The summed E-state index contributed by atoms with van der Waals surface area (Å²) < 4.78 is 13.4. The van der Waals surface area contributed by atoms with E-state index in [1.165, 1.54) is 5.56 Å². The van der Waals surface area contributed by atoms with Gasteiger partial charge in [-0.25, -0.2) is 4.21 Å². The van der Waals surface area contributed by atoms with E-state index in [-0.39, 0.29) is 0 Å². The first-order valence-electron chi connectivity index (χ1n) is 10.0. The van der Waals surface area contributed by atoms with Gasteiger partial charge in [0.2, 0.25) is 0 Å². The molecule has 0 unspecified atom stereocenters. The summed E-state index contributed by atoms with van der Waals surface area (Å²) in [6, 6.07) is 32.5. The van der Waals surface area contributed by atoms with E-state index in [1.807, 2.05) is 67.6 Å². The fourth-order valence-corrected chi connectivity index (χ4v) is 4.78. The van der Waals surface area contributed by atoms with Crippen LogP contribution in [0.15, 0.2) is 107 Å². The van der Waals surface area contributed by atoms with Crippen molar-refractivity contribution in [1.82, 2.24) is 0 Å². The zero-order valence-corrected chi connectivity index (χ0v) is 18.0. The van der Waals surface area contributed by atoms with Crippen LogP contribution in [0.4, 0.5) is 0 Å². The first-order valence-corrected chi connectivity index (χ1v) is 11.2. The second-order valence-corrected chi connectivity index (χ2v) is 8.81. The van der Waals surface area contributed by atoms with Gasteiger partial charge < -0.3 is 0 Å². The lowest BCUT2D eigenvalue weighted by molar-refractivity contribution is 0.683. The largest absolute Gasteiger partial charge is 0.249 e. The number of aryl methyl sites for hydroxylation is 2. The van der Waals surface area contributed by atoms with Crippen molar-refractivity contribution in [2.24, 2.45) is 0 Å². The highest BCUT2D eigenvalue weighted by Gasteiger charge is 2.16. The molecule has 4 aromatic carbocycles. The highest BCUT2D eigenvalue weighted by atomic mass is 32.2. The molecular weight excluding hydrogens is 384 g/mol. The molecule has 4 aromatic rings. The molecule has 0 aliphatic heterocycles. The first-order chi connectivity index (χ1) is 14.6. The van der Waals surface area contributed by atoms with Gasteiger partial charge in [-0.15, -0.1) is 0 Å². The molecule has 0 bridgehead atoms. The molecule has 0 N–H and O–H groups in total. The van der Waals surface area contributed by atoms with Crippen molar-refractivity contribution >= 4 is 23.0 Å². The van der Waals surface area contributed by atoms with Gasteiger partial charge in [-0.1, -0.05) is 96.6 Å². The maximum absolute atomic E-state index is 13.4. The third-order valence-electron chi connectivity index (χ3n) is 5.15. The first kappa shape index (κ1) is 20.1. The SMILES string of the molecule is Cc1ccc([S@](=O)c2ccccc2-c2c(C)cccc2/C=C/c2ccccc2)cc1. The third kappa shape index (κ3) is 4.34. The van der Waals surface area contributed by atoms with E-state index in [4.69, 9.17) is 0 Å². The van der Waals surface area contributed by atoms with E-state index >= 15 is 0 Å². The number of hydrogen-bond acceptors (Lipinski definition) is 1. The summed E-state index contributed by atoms with van der Waals surface area (Å²) >= 11 is 0. The highest BCUT2D eigenvalue weighted by Crippen LogP contribution is 2.34. The highest BCUT2D eigenvalue weighted by molar-refractivity contribution is 7.85. The van der Waals surface area contributed by atoms with Gasteiger partial charge in [0.15, 0.2) is 0 Å². The van der Waals surface area contributed by atoms with E-state index in [0.29, 0.717) is 0 Å². The summed E-state index contributed by atoms with van der Waals surface area (Å²) in [5, 5.41) is 0. The zero-order chi connectivity index (χ0) is 20.9. The van der Waals surface area contributed by atoms with Gasteiger partial charge >= 0.3 is 0 Å². The molecule has 0 fully saturated rings. The minimum atomic E-state index is -1.25. The van der Waals surface area contributed by atoms with E-state index < -0.39 is 10.8 Å². The Morgan fingerprint density at radius 2 is 1.37 bits per heavy atom. The molecule has 30 heavy (non-hydrogen) atoms. The van der Waals surface area contributed by atoms with Crippen LogP contribution in [0.2, 0.25) is 0 Å². The van der Waals surface area contributed by atoms with Crippen LogP contribution >= 0.6 is 0 Å². The van der Waals surface area contributed by atoms with Gasteiger partial charge in [0.1, 0.15) is 0 Å². The Bertz CT molecular complexity index is 1210. The molecule has 4 rings (SSSR count). The number of rotatable bonds is 5. The topological polar surface area (TPSA) is 17.1 Å². The van der Waals surface area contributed by atoms with Crippen molar-refractivity contribution in [1.29, 1.82) is 0 Å². The standard InChI is InChI=1S/C28H24OS/c1-21-15-19-25(20-16-21)30(29)27-14-7-6-13-26(27)28-22(2)9-8-12-24(28)18-17-23-10-4-3-5-11-23/h3-20H,1-2H3/b18-17+/t30-/m0/s1. The minimum Gasteiger partial charge on any atom is -0.249 e. The Hall–Kier alpha value is -3.23. The van der Waals surface area contributed by atoms with Crippen molar-refractivity contribution in [3.63, 3.8) is 0 Å². The van der Waals surface area contributed by atoms with Gasteiger partial charge in [-0.2, -0.15) is 0 Å². The molecule has 0 spiro atoms. The Labute approximate surface area is 181 Å². The summed E-state index contributed by atoms with van der Waals surface area (Å²) in [4.78, 5) is 1.66. The maximum atomic E-state index is 13.4. The van der Waals surface area contributed by atoms with Crippen LogP contribution in [-0.4, -0.2) is 4.21 Å². The fourth-order valence-electron chi connectivity index (χ4n) is 3.57. The Morgan fingerprint density at radius 3 is 2.13 bits per heavy atom. The van der Waals surface area contributed by atoms with Crippen LogP contribution < -0.4 is 0 Å². The molecule has 0 saturated heterocycles. The molecule has 148 valence electrons. The quantitative estimate of drug-likeness (QED) is 0.316. The van der Waals surface area contributed by atoms with E-state index in [9.17, 15) is 4.21 Å². The number of hydrogen-bond donors (Lipinski definition) is 0. The number of benzene rings is 4. The van der Waals surface area contributed by atoms with Crippen molar-refractivity contribution in [2.45, 2.75) is 23.6 Å². The van der Waals surface area contributed by atoms with Crippen molar-refractivity contribution < 1.29 is 4.21 Å². The molecule has 0 saturated carbocycles. The fraction of sp³-hybridized carbons (Fsp3) is 0.0714. The Balaban J connectivity index is 1.81.